The van der Waals surface area contributed by atoms with E-state index in [0.717, 1.165) is 6.42 Å². The second kappa shape index (κ2) is 7.04. The quantitative estimate of drug-likeness (QED) is 0.592. The summed E-state index contributed by atoms with van der Waals surface area (Å²) in [5, 5.41) is -0.118. The number of nitrogens with zero attached hydrogens (tertiary/aromatic N) is 2. The molecular formula is C13H16ClN3O3S. The lowest BCUT2D eigenvalue weighted by molar-refractivity contribution is 0.144. The number of pyridine rings is 1. The monoisotopic (exact) mass is 329 g/mol. The molecule has 0 aromatic carbocycles. The summed E-state index contributed by atoms with van der Waals surface area (Å²) in [5.41, 5.74) is 0.477. The number of sulfonamides is 1. The molecule has 2 aromatic rings. The number of ether oxygens (including phenoxy) is 1. The van der Waals surface area contributed by atoms with Gasteiger partial charge in [0.2, 0.25) is 0 Å². The molecule has 0 unspecified atom stereocenters. The van der Waals surface area contributed by atoms with E-state index in [1.54, 1.807) is 30.5 Å². The van der Waals surface area contributed by atoms with Crippen molar-refractivity contribution in [2.45, 2.75) is 11.4 Å². The number of rotatable bonds is 8. The van der Waals surface area contributed by atoms with E-state index in [2.05, 4.69) is 16.3 Å². The van der Waals surface area contributed by atoms with Gasteiger partial charge in [-0.1, -0.05) is 23.7 Å². The van der Waals surface area contributed by atoms with Crippen LogP contribution in [0.4, 0.5) is 0 Å². The Kier molecular flexibility index (Phi) is 5.35. The van der Waals surface area contributed by atoms with E-state index in [-0.39, 0.29) is 23.3 Å². The van der Waals surface area contributed by atoms with Crippen LogP contribution < -0.4 is 4.72 Å². The topological polar surface area (TPSA) is 72.7 Å². The van der Waals surface area contributed by atoms with Gasteiger partial charge in [-0.25, -0.2) is 18.1 Å². The summed E-state index contributed by atoms with van der Waals surface area (Å²) in [6.07, 6.45) is 4.07. The zero-order valence-electron chi connectivity index (χ0n) is 11.3. The first-order valence-electron chi connectivity index (χ1n) is 6.37. The largest absolute Gasteiger partial charge is 0.380 e. The van der Waals surface area contributed by atoms with Crippen LogP contribution in [-0.2, 0) is 14.8 Å². The van der Waals surface area contributed by atoms with Crippen molar-refractivity contribution in [2.75, 3.05) is 19.8 Å². The molecule has 0 amide bonds. The highest BCUT2D eigenvalue weighted by Gasteiger charge is 2.23. The Morgan fingerprint density at radius 3 is 3.00 bits per heavy atom. The van der Waals surface area contributed by atoms with E-state index in [4.69, 9.17) is 16.3 Å². The molecule has 0 bridgehead atoms. The van der Waals surface area contributed by atoms with Crippen LogP contribution in [0.3, 0.4) is 0 Å². The van der Waals surface area contributed by atoms with Gasteiger partial charge in [0.25, 0.3) is 10.0 Å². The zero-order chi connectivity index (χ0) is 15.3. The highest BCUT2D eigenvalue weighted by Crippen LogP contribution is 2.22. The van der Waals surface area contributed by atoms with Crippen LogP contribution in [0.5, 0.6) is 0 Å². The average molecular weight is 330 g/mol. The first kappa shape index (κ1) is 16.0. The molecule has 0 saturated carbocycles. The van der Waals surface area contributed by atoms with Crippen molar-refractivity contribution in [2.24, 2.45) is 0 Å². The molecule has 8 heteroatoms. The predicted molar refractivity (Wildman–Crippen MR) is 81.0 cm³/mol. The fraction of sp³-hybridized carbons (Fsp3) is 0.308. The van der Waals surface area contributed by atoms with E-state index in [0.29, 0.717) is 12.3 Å². The third-order valence-electron chi connectivity index (χ3n) is 2.71. The summed E-state index contributed by atoms with van der Waals surface area (Å²) >= 11 is 5.94. The molecule has 0 aliphatic rings. The second-order valence-electron chi connectivity index (χ2n) is 4.22. The van der Waals surface area contributed by atoms with Crippen LogP contribution in [0.15, 0.2) is 42.1 Å². The lowest BCUT2D eigenvalue weighted by atomic mass is 10.5. The van der Waals surface area contributed by atoms with Crippen molar-refractivity contribution in [3.8, 4) is 0 Å². The van der Waals surface area contributed by atoms with Crippen molar-refractivity contribution < 1.29 is 13.2 Å². The van der Waals surface area contributed by atoms with Crippen molar-refractivity contribution >= 4 is 27.3 Å². The molecule has 6 nitrogen and oxygen atoms in total. The van der Waals surface area contributed by atoms with Gasteiger partial charge >= 0.3 is 0 Å². The Morgan fingerprint density at radius 1 is 1.43 bits per heavy atom. The first-order valence-corrected chi connectivity index (χ1v) is 8.23. The highest BCUT2D eigenvalue weighted by atomic mass is 35.5. The van der Waals surface area contributed by atoms with Gasteiger partial charge in [-0.2, -0.15) is 0 Å². The Labute approximate surface area is 128 Å². The fourth-order valence-electron chi connectivity index (χ4n) is 1.77. The summed E-state index contributed by atoms with van der Waals surface area (Å²) in [5.74, 6) is 0. The van der Waals surface area contributed by atoms with Crippen molar-refractivity contribution in [3.05, 3.63) is 42.2 Å². The van der Waals surface area contributed by atoms with E-state index in [1.807, 2.05) is 0 Å². The molecule has 21 heavy (non-hydrogen) atoms. The molecule has 0 spiro atoms. The van der Waals surface area contributed by atoms with Gasteiger partial charge in [0, 0.05) is 12.7 Å². The smallest absolute Gasteiger partial charge is 0.259 e. The number of aromatic nitrogens is 2. The van der Waals surface area contributed by atoms with Gasteiger partial charge < -0.3 is 4.74 Å². The molecule has 0 saturated heterocycles. The standard InChI is InChI=1S/C13H16ClN3O3S/c1-2-3-9-20-10-7-15-21(18,19)13-12(14)16-11-6-4-5-8-17(11)13/h2,4-6,8,15H,1,3,7,9-10H2. The molecular weight excluding hydrogens is 314 g/mol. The number of halogens is 1. The van der Waals surface area contributed by atoms with Gasteiger partial charge in [0.05, 0.1) is 13.2 Å². The molecule has 0 fully saturated rings. The fourth-order valence-corrected chi connectivity index (χ4v) is 3.42. The van der Waals surface area contributed by atoms with Gasteiger partial charge in [0.15, 0.2) is 10.2 Å². The number of hydrogen-bond acceptors (Lipinski definition) is 4. The van der Waals surface area contributed by atoms with E-state index in [1.165, 1.54) is 4.40 Å². The molecule has 2 heterocycles. The minimum absolute atomic E-state index is 0.0544. The summed E-state index contributed by atoms with van der Waals surface area (Å²) in [7, 11) is -3.75. The Hall–Kier alpha value is -1.41. The van der Waals surface area contributed by atoms with Gasteiger partial charge in [-0.3, -0.25) is 4.40 Å². The normalized spacial score (nSPS) is 11.9. The summed E-state index contributed by atoms with van der Waals surface area (Å²) < 4.78 is 33.7. The maximum Gasteiger partial charge on any atom is 0.259 e. The minimum Gasteiger partial charge on any atom is -0.380 e. The van der Waals surface area contributed by atoms with E-state index in [9.17, 15) is 8.42 Å². The van der Waals surface area contributed by atoms with Crippen LogP contribution in [-0.4, -0.2) is 37.6 Å². The maximum absolute atomic E-state index is 12.3. The summed E-state index contributed by atoms with van der Waals surface area (Å²) in [6, 6.07) is 5.15. The SMILES string of the molecule is C=CCCOCCNS(=O)(=O)c1c(Cl)nc2ccccn12. The molecule has 0 atom stereocenters. The van der Waals surface area contributed by atoms with Crippen LogP contribution in [0.1, 0.15) is 6.42 Å². The van der Waals surface area contributed by atoms with Gasteiger partial charge in [-0.15, -0.1) is 6.58 Å². The van der Waals surface area contributed by atoms with Crippen LogP contribution >= 0.6 is 11.6 Å². The van der Waals surface area contributed by atoms with Gasteiger partial charge in [-0.05, 0) is 18.6 Å². The molecule has 114 valence electrons. The van der Waals surface area contributed by atoms with Crippen molar-refractivity contribution in [1.82, 2.24) is 14.1 Å². The summed E-state index contributed by atoms with van der Waals surface area (Å²) in [4.78, 5) is 4.02. The van der Waals surface area contributed by atoms with Crippen molar-refractivity contribution in [3.63, 3.8) is 0 Å². The number of hydrogen-bond donors (Lipinski definition) is 1. The second-order valence-corrected chi connectivity index (χ2v) is 6.26. The minimum atomic E-state index is -3.75. The van der Waals surface area contributed by atoms with E-state index >= 15 is 0 Å². The highest BCUT2D eigenvalue weighted by molar-refractivity contribution is 7.89. The van der Waals surface area contributed by atoms with Crippen LogP contribution in [0.25, 0.3) is 5.65 Å². The lowest BCUT2D eigenvalue weighted by Gasteiger charge is -2.07. The van der Waals surface area contributed by atoms with Crippen LogP contribution in [0.2, 0.25) is 5.15 Å². The van der Waals surface area contributed by atoms with Crippen LogP contribution in [0, 0.1) is 0 Å². The zero-order valence-corrected chi connectivity index (χ0v) is 12.9. The third kappa shape index (κ3) is 3.82. The first-order chi connectivity index (χ1) is 10.1. The average Bonchev–Trinajstić information content (AvgIpc) is 2.79. The van der Waals surface area contributed by atoms with E-state index < -0.39 is 10.0 Å². The predicted octanol–water partition coefficient (Wildman–Crippen LogP) is 1.86. The number of fused-ring (bicyclic) bond motifs is 1. The third-order valence-corrected chi connectivity index (χ3v) is 4.56. The molecule has 0 radical (unpaired) electrons. The Morgan fingerprint density at radius 2 is 2.24 bits per heavy atom. The molecule has 0 aliphatic heterocycles. The summed E-state index contributed by atoms with van der Waals surface area (Å²) in [6.45, 7) is 4.53. The lowest BCUT2D eigenvalue weighted by Crippen LogP contribution is -2.28. The molecule has 0 aliphatic carbocycles. The van der Waals surface area contributed by atoms with Gasteiger partial charge in [0.1, 0.15) is 5.65 Å². The molecule has 2 aromatic heterocycles. The number of nitrogens with one attached hydrogen (secondary N) is 1. The molecule has 1 N–H and O–H groups in total. The molecule has 2 rings (SSSR count). The number of imidazole rings is 1. The van der Waals surface area contributed by atoms with Crippen molar-refractivity contribution in [1.29, 1.82) is 0 Å². The Balaban J connectivity index is 2.08. The Bertz CT molecular complexity index is 727. The maximum atomic E-state index is 12.3.